The summed E-state index contributed by atoms with van der Waals surface area (Å²) in [7, 11) is 0. The van der Waals surface area contributed by atoms with Crippen molar-refractivity contribution in [1.29, 1.82) is 0 Å². The van der Waals surface area contributed by atoms with E-state index in [9.17, 15) is 0 Å². The van der Waals surface area contributed by atoms with E-state index in [1.165, 1.54) is 72.0 Å². The summed E-state index contributed by atoms with van der Waals surface area (Å²) in [6.45, 7) is 4.11. The average Bonchev–Trinajstić information content (AvgIpc) is 3.55. The summed E-state index contributed by atoms with van der Waals surface area (Å²) >= 11 is 0. The Morgan fingerprint density at radius 2 is 1.27 bits per heavy atom. The second-order valence-electron chi connectivity index (χ2n) is 10.3. The summed E-state index contributed by atoms with van der Waals surface area (Å²) in [4.78, 5) is 4.68. The number of fused-ring (bicyclic) bond motifs is 11. The minimum atomic E-state index is -0.335. The van der Waals surface area contributed by atoms with Crippen molar-refractivity contribution in [2.45, 2.75) is 19.3 Å². The first-order chi connectivity index (χ1) is 18.2. The Labute approximate surface area is 217 Å². The molecule has 0 aliphatic heterocycles. The standard InChI is InChI=1S/C36H25N/c1-3-20-37-22(2)24-18-19-32-29(21-24)34-27-14-8-10-23-11-9-15-28(33(23)27)35(34)36(32)30-16-6-4-12-25(30)26-13-5-7-17-31(26)36/h3-21H,1-2H3/b20-3-,37-22?. The molecule has 3 aliphatic rings. The van der Waals surface area contributed by atoms with E-state index < -0.39 is 0 Å². The van der Waals surface area contributed by atoms with Crippen LogP contribution in [0.5, 0.6) is 0 Å². The largest absolute Gasteiger partial charge is 0.261 e. The first-order valence-corrected chi connectivity index (χ1v) is 13.0. The lowest BCUT2D eigenvalue weighted by Gasteiger charge is -2.33. The van der Waals surface area contributed by atoms with Crippen molar-refractivity contribution in [3.8, 4) is 11.1 Å². The van der Waals surface area contributed by atoms with Gasteiger partial charge in [0.1, 0.15) is 0 Å². The smallest absolute Gasteiger partial charge is 0.0731 e. The minimum Gasteiger partial charge on any atom is -0.261 e. The van der Waals surface area contributed by atoms with E-state index in [4.69, 9.17) is 0 Å². The van der Waals surface area contributed by atoms with Crippen molar-refractivity contribution in [2.75, 3.05) is 0 Å². The summed E-state index contributed by atoms with van der Waals surface area (Å²) in [5.74, 6) is 0. The monoisotopic (exact) mass is 471 g/mol. The molecule has 0 fully saturated rings. The Kier molecular flexibility index (Phi) is 4.06. The molecule has 0 unspecified atom stereocenters. The Hall–Kier alpha value is -4.49. The second-order valence-corrected chi connectivity index (χ2v) is 10.3. The highest BCUT2D eigenvalue weighted by molar-refractivity contribution is 6.25. The van der Waals surface area contributed by atoms with Gasteiger partial charge < -0.3 is 0 Å². The highest BCUT2D eigenvalue weighted by Crippen LogP contribution is 2.68. The Bertz CT molecular complexity index is 1850. The van der Waals surface area contributed by atoms with Crippen LogP contribution in [0.15, 0.2) is 120 Å². The van der Waals surface area contributed by atoms with Gasteiger partial charge in [-0.15, -0.1) is 0 Å². The van der Waals surface area contributed by atoms with Gasteiger partial charge in [0.25, 0.3) is 0 Å². The van der Waals surface area contributed by atoms with Crippen LogP contribution in [-0.4, -0.2) is 5.71 Å². The normalized spacial score (nSPS) is 16.0. The molecule has 0 aromatic heterocycles. The molecule has 5 aromatic rings. The summed E-state index contributed by atoms with van der Waals surface area (Å²) in [6.07, 6.45) is 3.86. The molecular formula is C36H25N. The lowest BCUT2D eigenvalue weighted by molar-refractivity contribution is 0.843. The molecule has 0 amide bonds. The predicted molar refractivity (Wildman–Crippen MR) is 155 cm³/mol. The van der Waals surface area contributed by atoms with Gasteiger partial charge in [-0.1, -0.05) is 103 Å². The third kappa shape index (κ3) is 2.42. The Morgan fingerprint density at radius 3 is 1.97 bits per heavy atom. The van der Waals surface area contributed by atoms with Gasteiger partial charge in [0, 0.05) is 11.9 Å². The lowest BCUT2D eigenvalue weighted by Crippen LogP contribution is -2.26. The number of hydrogen-bond acceptors (Lipinski definition) is 1. The quantitative estimate of drug-likeness (QED) is 0.228. The summed E-state index contributed by atoms with van der Waals surface area (Å²) < 4.78 is 0. The number of rotatable bonds is 2. The van der Waals surface area contributed by atoms with Crippen molar-refractivity contribution >= 4 is 27.6 Å². The maximum absolute atomic E-state index is 4.68. The number of hydrogen-bond donors (Lipinski definition) is 0. The SMILES string of the molecule is C/C=C\N=C(C)c1ccc2c(c1)C1=C(c3cccc4cccc1c34)C21c2ccccc2-c2ccccc21. The highest BCUT2D eigenvalue weighted by atomic mass is 14.7. The molecule has 0 bridgehead atoms. The maximum Gasteiger partial charge on any atom is 0.0731 e. The van der Waals surface area contributed by atoms with Gasteiger partial charge >= 0.3 is 0 Å². The molecule has 0 N–H and O–H groups in total. The fourth-order valence-corrected chi connectivity index (χ4v) is 7.19. The fraction of sp³-hybridized carbons (Fsp3) is 0.0833. The van der Waals surface area contributed by atoms with Crippen LogP contribution in [0.3, 0.4) is 0 Å². The van der Waals surface area contributed by atoms with E-state index in [0.29, 0.717) is 0 Å². The van der Waals surface area contributed by atoms with E-state index in [-0.39, 0.29) is 5.41 Å². The summed E-state index contributed by atoms with van der Waals surface area (Å²) in [5, 5.41) is 2.69. The van der Waals surface area contributed by atoms with Crippen LogP contribution in [0.1, 0.15) is 52.8 Å². The van der Waals surface area contributed by atoms with Gasteiger partial charge in [-0.2, -0.15) is 0 Å². The van der Waals surface area contributed by atoms with Crippen LogP contribution in [0.2, 0.25) is 0 Å². The number of aliphatic imine (C=N–C) groups is 1. The molecule has 5 aromatic carbocycles. The van der Waals surface area contributed by atoms with Crippen LogP contribution in [-0.2, 0) is 5.41 Å². The molecule has 1 heteroatoms. The summed E-state index contributed by atoms with van der Waals surface area (Å²) in [5.41, 5.74) is 15.6. The Balaban J connectivity index is 1.56. The molecule has 0 saturated heterocycles. The van der Waals surface area contributed by atoms with E-state index in [0.717, 1.165) is 5.71 Å². The average molecular weight is 472 g/mol. The van der Waals surface area contributed by atoms with Crippen LogP contribution >= 0.6 is 0 Å². The predicted octanol–water partition coefficient (Wildman–Crippen LogP) is 8.78. The van der Waals surface area contributed by atoms with Crippen molar-refractivity contribution in [3.63, 3.8) is 0 Å². The third-order valence-corrected chi connectivity index (χ3v) is 8.55. The molecule has 174 valence electrons. The molecule has 0 saturated carbocycles. The van der Waals surface area contributed by atoms with Gasteiger partial charge in [-0.05, 0) is 91.9 Å². The molecular weight excluding hydrogens is 446 g/mol. The van der Waals surface area contributed by atoms with Crippen LogP contribution < -0.4 is 0 Å². The second kappa shape index (κ2) is 7.27. The van der Waals surface area contributed by atoms with Crippen LogP contribution in [0.25, 0.3) is 33.0 Å². The molecule has 37 heavy (non-hydrogen) atoms. The summed E-state index contributed by atoms with van der Waals surface area (Å²) in [6, 6.07) is 38.7. The Morgan fingerprint density at radius 1 is 0.649 bits per heavy atom. The van der Waals surface area contributed by atoms with E-state index in [2.05, 4.69) is 115 Å². The van der Waals surface area contributed by atoms with E-state index in [1.54, 1.807) is 0 Å². The van der Waals surface area contributed by atoms with Gasteiger partial charge in [0.05, 0.1) is 5.41 Å². The van der Waals surface area contributed by atoms with Crippen molar-refractivity contribution in [2.24, 2.45) is 4.99 Å². The topological polar surface area (TPSA) is 12.4 Å². The highest BCUT2D eigenvalue weighted by Gasteiger charge is 2.55. The molecule has 0 radical (unpaired) electrons. The molecule has 3 aliphatic carbocycles. The van der Waals surface area contributed by atoms with Crippen LogP contribution in [0.4, 0.5) is 0 Å². The van der Waals surface area contributed by atoms with Gasteiger partial charge in [-0.3, -0.25) is 4.99 Å². The lowest BCUT2D eigenvalue weighted by atomic mass is 9.68. The zero-order valence-corrected chi connectivity index (χ0v) is 20.9. The molecule has 1 spiro atoms. The number of allylic oxidation sites excluding steroid dienone is 2. The van der Waals surface area contributed by atoms with Crippen LogP contribution in [0, 0.1) is 0 Å². The first-order valence-electron chi connectivity index (χ1n) is 13.0. The van der Waals surface area contributed by atoms with Crippen molar-refractivity contribution in [1.82, 2.24) is 0 Å². The molecule has 8 rings (SSSR count). The van der Waals surface area contributed by atoms with E-state index >= 15 is 0 Å². The van der Waals surface area contributed by atoms with Gasteiger partial charge in [0.15, 0.2) is 0 Å². The zero-order valence-electron chi connectivity index (χ0n) is 20.9. The zero-order chi connectivity index (χ0) is 24.7. The van der Waals surface area contributed by atoms with Gasteiger partial charge in [-0.25, -0.2) is 0 Å². The van der Waals surface area contributed by atoms with Crippen molar-refractivity contribution < 1.29 is 0 Å². The van der Waals surface area contributed by atoms with Gasteiger partial charge in [0.2, 0.25) is 0 Å². The first kappa shape index (κ1) is 20.7. The van der Waals surface area contributed by atoms with E-state index in [1.807, 2.05) is 19.2 Å². The molecule has 0 atom stereocenters. The maximum atomic E-state index is 4.68. The number of nitrogens with zero attached hydrogens (tertiary/aromatic N) is 1. The number of benzene rings is 5. The van der Waals surface area contributed by atoms with Crippen molar-refractivity contribution in [3.05, 3.63) is 154 Å². The molecule has 0 heterocycles. The minimum absolute atomic E-state index is 0.335. The molecule has 1 nitrogen and oxygen atoms in total. The fourth-order valence-electron chi connectivity index (χ4n) is 7.19. The third-order valence-electron chi connectivity index (χ3n) is 8.55.